The van der Waals surface area contributed by atoms with Crippen molar-refractivity contribution in [2.75, 3.05) is 32.7 Å². The van der Waals surface area contributed by atoms with E-state index >= 15 is 0 Å². The average molecular weight is 382 g/mol. The number of carbonyl (C=O) groups is 1. The Morgan fingerprint density at radius 1 is 1.25 bits per heavy atom. The van der Waals surface area contributed by atoms with Crippen LogP contribution in [-0.2, 0) is 9.63 Å². The first-order valence-electron chi connectivity index (χ1n) is 10.4. The number of nitrogens with zero attached hydrogens (tertiary/aromatic N) is 3. The van der Waals surface area contributed by atoms with Gasteiger partial charge in [0.25, 0.3) is 0 Å². The summed E-state index contributed by atoms with van der Waals surface area (Å²) in [5.41, 5.74) is 3.67. The van der Waals surface area contributed by atoms with E-state index in [1.165, 1.54) is 5.57 Å². The molecule has 4 rings (SSSR count). The largest absolute Gasteiger partial charge is 0.390 e. The van der Waals surface area contributed by atoms with Gasteiger partial charge in [0, 0.05) is 32.5 Å². The molecule has 0 aliphatic carbocycles. The van der Waals surface area contributed by atoms with Crippen molar-refractivity contribution in [3.05, 3.63) is 47.5 Å². The lowest BCUT2D eigenvalue weighted by Crippen LogP contribution is -2.44. The number of oxime groups is 1. The number of likely N-dealkylation sites (tertiary alicyclic amines) is 2. The van der Waals surface area contributed by atoms with Gasteiger partial charge in [-0.2, -0.15) is 0 Å². The fraction of sp³-hybridized carbons (Fsp3) is 0.565. The summed E-state index contributed by atoms with van der Waals surface area (Å²) in [4.78, 5) is 22.7. The van der Waals surface area contributed by atoms with Crippen molar-refractivity contribution in [3.8, 4) is 0 Å². The molecule has 1 aromatic carbocycles. The predicted octanol–water partition coefficient (Wildman–Crippen LogP) is 3.46. The molecule has 0 aromatic heterocycles. The van der Waals surface area contributed by atoms with E-state index in [1.54, 1.807) is 0 Å². The van der Waals surface area contributed by atoms with Gasteiger partial charge in [0.15, 0.2) is 0 Å². The van der Waals surface area contributed by atoms with Crippen molar-refractivity contribution in [2.45, 2.75) is 45.6 Å². The van der Waals surface area contributed by atoms with E-state index in [0.717, 1.165) is 69.7 Å². The first-order valence-corrected chi connectivity index (χ1v) is 10.4. The van der Waals surface area contributed by atoms with Gasteiger partial charge in [0.2, 0.25) is 5.91 Å². The number of hydrogen-bond donors (Lipinski definition) is 0. The van der Waals surface area contributed by atoms with Gasteiger partial charge in [0.1, 0.15) is 6.10 Å². The van der Waals surface area contributed by atoms with E-state index < -0.39 is 0 Å². The summed E-state index contributed by atoms with van der Waals surface area (Å²) in [5, 5.41) is 4.31. The summed E-state index contributed by atoms with van der Waals surface area (Å²) in [7, 11) is 0. The molecule has 2 fully saturated rings. The van der Waals surface area contributed by atoms with Gasteiger partial charge < -0.3 is 9.74 Å². The smallest absolute Gasteiger partial charge is 0.223 e. The lowest BCUT2D eigenvalue weighted by Gasteiger charge is -2.39. The van der Waals surface area contributed by atoms with Crippen LogP contribution in [0.15, 0.2) is 47.1 Å². The molecule has 1 spiro atoms. The SMILES string of the molecule is CC(C)=CCN1CC2(CCN(CC3CC(c4ccccc4)=NO3)CC2)CC1=O. The van der Waals surface area contributed by atoms with Crippen LogP contribution in [0.4, 0.5) is 0 Å². The molecule has 1 amide bonds. The third kappa shape index (κ3) is 4.30. The van der Waals surface area contributed by atoms with Gasteiger partial charge in [-0.3, -0.25) is 9.69 Å². The Hall–Kier alpha value is -2.14. The Balaban J connectivity index is 1.25. The molecule has 3 aliphatic heterocycles. The van der Waals surface area contributed by atoms with Gasteiger partial charge in [-0.05, 0) is 50.8 Å². The number of piperidine rings is 1. The molecule has 3 heterocycles. The summed E-state index contributed by atoms with van der Waals surface area (Å²) in [6, 6.07) is 10.3. The zero-order chi connectivity index (χ0) is 19.6. The molecule has 5 nitrogen and oxygen atoms in total. The van der Waals surface area contributed by atoms with Crippen molar-refractivity contribution in [2.24, 2.45) is 10.6 Å². The van der Waals surface area contributed by atoms with Crippen molar-refractivity contribution in [1.82, 2.24) is 9.80 Å². The second kappa shape index (κ2) is 8.08. The molecule has 1 atom stereocenters. The summed E-state index contributed by atoms with van der Waals surface area (Å²) < 4.78 is 0. The van der Waals surface area contributed by atoms with Crippen molar-refractivity contribution in [3.63, 3.8) is 0 Å². The normalized spacial score (nSPS) is 24.4. The van der Waals surface area contributed by atoms with Crippen LogP contribution in [-0.4, -0.2) is 60.2 Å². The molecular formula is C23H31N3O2. The molecule has 1 aromatic rings. The number of allylic oxidation sites excluding steroid dienone is 1. The van der Waals surface area contributed by atoms with Crippen LogP contribution < -0.4 is 0 Å². The zero-order valence-electron chi connectivity index (χ0n) is 17.1. The maximum absolute atomic E-state index is 12.4. The van der Waals surface area contributed by atoms with E-state index in [1.807, 2.05) is 23.1 Å². The maximum atomic E-state index is 12.4. The van der Waals surface area contributed by atoms with E-state index in [-0.39, 0.29) is 11.5 Å². The second-order valence-electron chi connectivity index (χ2n) is 8.87. The quantitative estimate of drug-likeness (QED) is 0.734. The minimum atomic E-state index is 0.142. The minimum absolute atomic E-state index is 0.142. The van der Waals surface area contributed by atoms with Crippen LogP contribution in [0.25, 0.3) is 0 Å². The highest BCUT2D eigenvalue weighted by Gasteiger charge is 2.44. The molecule has 0 radical (unpaired) electrons. The average Bonchev–Trinajstić information content (AvgIpc) is 3.27. The number of amides is 1. The van der Waals surface area contributed by atoms with Crippen LogP contribution >= 0.6 is 0 Å². The topological polar surface area (TPSA) is 45.1 Å². The monoisotopic (exact) mass is 381 g/mol. The number of benzene rings is 1. The molecule has 0 N–H and O–H groups in total. The summed E-state index contributed by atoms with van der Waals surface area (Å²) in [6.07, 6.45) is 6.10. The minimum Gasteiger partial charge on any atom is -0.390 e. The van der Waals surface area contributed by atoms with Crippen molar-refractivity contribution in [1.29, 1.82) is 0 Å². The number of carbonyl (C=O) groups excluding carboxylic acids is 1. The Morgan fingerprint density at radius 3 is 2.71 bits per heavy atom. The number of rotatable bonds is 5. The van der Waals surface area contributed by atoms with Gasteiger partial charge in [-0.1, -0.05) is 47.1 Å². The molecule has 5 heteroatoms. The second-order valence-corrected chi connectivity index (χ2v) is 8.87. The summed E-state index contributed by atoms with van der Waals surface area (Å²) in [6.45, 7) is 8.88. The van der Waals surface area contributed by atoms with E-state index in [9.17, 15) is 4.79 Å². The molecule has 0 saturated carbocycles. The van der Waals surface area contributed by atoms with Gasteiger partial charge in [0.05, 0.1) is 5.71 Å². The van der Waals surface area contributed by atoms with Crippen LogP contribution in [0.3, 0.4) is 0 Å². The van der Waals surface area contributed by atoms with Crippen LogP contribution in [0.1, 0.15) is 45.1 Å². The molecule has 0 bridgehead atoms. The Kier molecular flexibility index (Phi) is 5.54. The summed E-state index contributed by atoms with van der Waals surface area (Å²) in [5.74, 6) is 0.325. The maximum Gasteiger partial charge on any atom is 0.223 e. The summed E-state index contributed by atoms with van der Waals surface area (Å²) >= 11 is 0. The Labute approximate surface area is 168 Å². The lowest BCUT2D eigenvalue weighted by atomic mass is 9.77. The van der Waals surface area contributed by atoms with Gasteiger partial charge >= 0.3 is 0 Å². The van der Waals surface area contributed by atoms with Crippen LogP contribution in [0.5, 0.6) is 0 Å². The van der Waals surface area contributed by atoms with E-state index in [4.69, 9.17) is 4.84 Å². The molecule has 2 saturated heterocycles. The van der Waals surface area contributed by atoms with Gasteiger partial charge in [-0.15, -0.1) is 0 Å². The van der Waals surface area contributed by atoms with Gasteiger partial charge in [-0.25, -0.2) is 0 Å². The van der Waals surface area contributed by atoms with Crippen molar-refractivity contribution < 1.29 is 9.63 Å². The Morgan fingerprint density at radius 2 is 2.00 bits per heavy atom. The molecular weight excluding hydrogens is 350 g/mol. The molecule has 3 aliphatic rings. The molecule has 1 unspecified atom stereocenters. The lowest BCUT2D eigenvalue weighted by molar-refractivity contribution is -0.127. The van der Waals surface area contributed by atoms with E-state index in [2.05, 4.69) is 42.1 Å². The highest BCUT2D eigenvalue weighted by molar-refractivity contribution is 6.01. The standard InChI is InChI=1S/C23H31N3O2/c1-18(2)8-11-26-17-23(15-22(26)27)9-12-25(13-10-23)16-20-14-21(24-28-20)19-6-4-3-5-7-19/h3-8,20H,9-17H2,1-2H3. The zero-order valence-corrected chi connectivity index (χ0v) is 17.1. The first kappa shape index (κ1) is 19.2. The predicted molar refractivity (Wildman–Crippen MR) is 111 cm³/mol. The van der Waals surface area contributed by atoms with Crippen LogP contribution in [0, 0.1) is 5.41 Å². The number of hydrogen-bond acceptors (Lipinski definition) is 4. The Bertz CT molecular complexity index is 759. The highest BCUT2D eigenvalue weighted by atomic mass is 16.6. The van der Waals surface area contributed by atoms with Crippen molar-refractivity contribution >= 4 is 11.6 Å². The fourth-order valence-electron chi connectivity index (χ4n) is 4.60. The third-order valence-corrected chi connectivity index (χ3v) is 6.34. The fourth-order valence-corrected chi connectivity index (χ4v) is 4.60. The third-order valence-electron chi connectivity index (χ3n) is 6.34. The van der Waals surface area contributed by atoms with E-state index in [0.29, 0.717) is 5.91 Å². The first-order chi connectivity index (χ1) is 13.5. The highest BCUT2D eigenvalue weighted by Crippen LogP contribution is 2.41. The van der Waals surface area contributed by atoms with Crippen LogP contribution in [0.2, 0.25) is 0 Å². The molecule has 150 valence electrons. The molecule has 28 heavy (non-hydrogen) atoms.